The Hall–Kier alpha value is -3.79. The Kier molecular flexibility index (Phi) is 5.38. The van der Waals surface area contributed by atoms with Crippen LogP contribution in [0.15, 0.2) is 48.7 Å². The second kappa shape index (κ2) is 8.15. The Bertz CT molecular complexity index is 1350. The quantitative estimate of drug-likeness (QED) is 0.336. The average molecular weight is 438 g/mol. The largest absolute Gasteiger partial charge is 0.336 e. The van der Waals surface area contributed by atoms with E-state index in [0.29, 0.717) is 16.8 Å². The Balaban J connectivity index is 1.52. The molecule has 4 rings (SSSR count). The smallest absolute Gasteiger partial charge is 0.288 e. The van der Waals surface area contributed by atoms with Crippen LogP contribution in [0.4, 0.5) is 4.39 Å². The van der Waals surface area contributed by atoms with E-state index in [1.54, 1.807) is 12.1 Å². The van der Waals surface area contributed by atoms with Gasteiger partial charge >= 0.3 is 0 Å². The summed E-state index contributed by atoms with van der Waals surface area (Å²) < 4.78 is 17.0. The van der Waals surface area contributed by atoms with Gasteiger partial charge in [0.15, 0.2) is 4.77 Å². The van der Waals surface area contributed by atoms with Crippen LogP contribution in [0.5, 0.6) is 0 Å². The van der Waals surface area contributed by atoms with E-state index in [1.165, 1.54) is 35.0 Å². The van der Waals surface area contributed by atoms with Crippen molar-refractivity contribution in [2.75, 3.05) is 0 Å². The third kappa shape index (κ3) is 3.84. The standard InChI is InChI=1S/C21H19FN6O2S/c1-3-27-12(2)24-16-10-13(4-9-17(16)27)19(29)25-26-20(30)18-11-23-21(31)28(18)15-7-5-14(22)6-8-15/h4-11H,3H2,1-2H3,(H,23,31)(H,25,29)(H,26,30). The number of hydrogen-bond acceptors (Lipinski definition) is 4. The Labute approximate surface area is 181 Å². The van der Waals surface area contributed by atoms with E-state index in [9.17, 15) is 14.0 Å². The zero-order valence-corrected chi connectivity index (χ0v) is 17.6. The molecule has 4 aromatic rings. The van der Waals surface area contributed by atoms with Gasteiger partial charge in [-0.15, -0.1) is 0 Å². The maximum atomic E-state index is 13.2. The Morgan fingerprint density at radius 2 is 1.84 bits per heavy atom. The van der Waals surface area contributed by atoms with Gasteiger partial charge in [0.05, 0.1) is 11.0 Å². The summed E-state index contributed by atoms with van der Waals surface area (Å²) in [6.45, 7) is 4.71. The molecular formula is C21H19FN6O2S. The number of carbonyl (C=O) groups excluding carboxylic acids is 2. The predicted octanol–water partition coefficient (Wildman–Crippen LogP) is 3.43. The number of benzene rings is 2. The molecule has 0 aliphatic carbocycles. The number of rotatable bonds is 4. The maximum absolute atomic E-state index is 13.2. The van der Waals surface area contributed by atoms with Crippen LogP contribution in [0.2, 0.25) is 0 Å². The van der Waals surface area contributed by atoms with Gasteiger partial charge in [0.2, 0.25) is 0 Å². The van der Waals surface area contributed by atoms with Crippen LogP contribution in [-0.4, -0.2) is 30.9 Å². The van der Waals surface area contributed by atoms with E-state index in [2.05, 4.69) is 20.8 Å². The van der Waals surface area contributed by atoms with Crippen molar-refractivity contribution in [1.82, 2.24) is 30.0 Å². The summed E-state index contributed by atoms with van der Waals surface area (Å²) >= 11 is 5.22. The molecule has 0 atom stereocenters. The molecule has 0 aliphatic heterocycles. The number of amides is 2. The van der Waals surface area contributed by atoms with Gasteiger partial charge in [0.25, 0.3) is 11.8 Å². The van der Waals surface area contributed by atoms with Crippen LogP contribution in [0.3, 0.4) is 0 Å². The third-order valence-corrected chi connectivity index (χ3v) is 5.20. The lowest BCUT2D eigenvalue weighted by Gasteiger charge is -2.10. The highest BCUT2D eigenvalue weighted by atomic mass is 32.1. The van der Waals surface area contributed by atoms with Crippen LogP contribution in [0.1, 0.15) is 33.6 Å². The van der Waals surface area contributed by atoms with E-state index in [0.717, 1.165) is 17.9 Å². The lowest BCUT2D eigenvalue weighted by Crippen LogP contribution is -2.42. The van der Waals surface area contributed by atoms with Crippen molar-refractivity contribution in [2.24, 2.45) is 0 Å². The van der Waals surface area contributed by atoms with E-state index < -0.39 is 17.6 Å². The topological polar surface area (TPSA) is 96.7 Å². The van der Waals surface area contributed by atoms with Gasteiger partial charge < -0.3 is 9.55 Å². The molecule has 2 amide bonds. The van der Waals surface area contributed by atoms with Gasteiger partial charge in [0, 0.05) is 24.0 Å². The third-order valence-electron chi connectivity index (χ3n) is 4.90. The second-order valence-corrected chi connectivity index (χ2v) is 7.19. The summed E-state index contributed by atoms with van der Waals surface area (Å²) in [7, 11) is 0. The predicted molar refractivity (Wildman–Crippen MR) is 116 cm³/mol. The fourth-order valence-corrected chi connectivity index (χ4v) is 3.69. The number of carbonyl (C=O) groups is 2. The number of nitrogens with one attached hydrogen (secondary N) is 3. The van der Waals surface area contributed by atoms with Crippen molar-refractivity contribution in [3.63, 3.8) is 0 Å². The first-order valence-corrected chi connectivity index (χ1v) is 9.93. The SMILES string of the molecule is CCn1c(C)nc2cc(C(=O)NNC(=O)c3c[nH]c(=S)n3-c3ccc(F)cc3)ccc21. The molecule has 0 radical (unpaired) electrons. The summed E-state index contributed by atoms with van der Waals surface area (Å²) in [5.41, 5.74) is 7.45. The number of aromatic nitrogens is 4. The lowest BCUT2D eigenvalue weighted by molar-refractivity contribution is 0.0843. The van der Waals surface area contributed by atoms with Crippen molar-refractivity contribution in [3.8, 4) is 5.69 Å². The van der Waals surface area contributed by atoms with Crippen LogP contribution >= 0.6 is 12.2 Å². The number of hydrogen-bond donors (Lipinski definition) is 3. The zero-order valence-electron chi connectivity index (χ0n) is 16.8. The van der Waals surface area contributed by atoms with Crippen LogP contribution in [-0.2, 0) is 6.54 Å². The number of aryl methyl sites for hydroxylation is 2. The van der Waals surface area contributed by atoms with Gasteiger partial charge in [-0.2, -0.15) is 0 Å². The van der Waals surface area contributed by atoms with Gasteiger partial charge in [-0.05, 0) is 68.5 Å². The van der Waals surface area contributed by atoms with Crippen molar-refractivity contribution in [1.29, 1.82) is 0 Å². The number of hydrazine groups is 1. The maximum Gasteiger partial charge on any atom is 0.288 e. The van der Waals surface area contributed by atoms with Gasteiger partial charge in [-0.25, -0.2) is 9.37 Å². The van der Waals surface area contributed by atoms with Crippen LogP contribution in [0, 0.1) is 17.5 Å². The molecule has 0 spiro atoms. The number of aromatic amines is 1. The van der Waals surface area contributed by atoms with Crippen molar-refractivity contribution >= 4 is 35.1 Å². The van der Waals surface area contributed by atoms with Crippen molar-refractivity contribution in [3.05, 3.63) is 76.3 Å². The van der Waals surface area contributed by atoms with Crippen LogP contribution in [0.25, 0.3) is 16.7 Å². The molecular weight excluding hydrogens is 419 g/mol. The first-order valence-electron chi connectivity index (χ1n) is 9.53. The molecule has 0 saturated heterocycles. The van der Waals surface area contributed by atoms with Crippen molar-refractivity contribution in [2.45, 2.75) is 20.4 Å². The minimum atomic E-state index is -0.586. The van der Waals surface area contributed by atoms with Crippen molar-refractivity contribution < 1.29 is 14.0 Å². The van der Waals surface area contributed by atoms with E-state index in [-0.39, 0.29) is 10.5 Å². The first-order chi connectivity index (χ1) is 14.9. The molecule has 0 unspecified atom stereocenters. The fraction of sp³-hybridized carbons (Fsp3) is 0.143. The molecule has 2 aromatic carbocycles. The molecule has 8 nitrogen and oxygen atoms in total. The summed E-state index contributed by atoms with van der Waals surface area (Å²) in [6.07, 6.45) is 1.42. The molecule has 2 heterocycles. The summed E-state index contributed by atoms with van der Waals surface area (Å²) in [4.78, 5) is 32.5. The Morgan fingerprint density at radius 1 is 1.13 bits per heavy atom. The summed E-state index contributed by atoms with van der Waals surface area (Å²) in [5.74, 6) is -0.612. The number of halogens is 1. The minimum Gasteiger partial charge on any atom is -0.336 e. The number of H-pyrrole nitrogens is 1. The van der Waals surface area contributed by atoms with E-state index in [1.807, 2.05) is 24.5 Å². The summed E-state index contributed by atoms with van der Waals surface area (Å²) in [5, 5.41) is 0. The number of nitrogens with zero attached hydrogens (tertiary/aromatic N) is 3. The molecule has 10 heteroatoms. The highest BCUT2D eigenvalue weighted by Gasteiger charge is 2.16. The fourth-order valence-electron chi connectivity index (χ4n) is 3.42. The molecule has 0 bridgehead atoms. The average Bonchev–Trinajstić information content (AvgIpc) is 3.30. The minimum absolute atomic E-state index is 0.157. The number of imidazole rings is 2. The highest BCUT2D eigenvalue weighted by molar-refractivity contribution is 7.71. The second-order valence-electron chi connectivity index (χ2n) is 6.81. The molecule has 0 fully saturated rings. The van der Waals surface area contributed by atoms with E-state index >= 15 is 0 Å². The number of fused-ring (bicyclic) bond motifs is 1. The van der Waals surface area contributed by atoms with Crippen LogP contribution < -0.4 is 10.9 Å². The molecule has 2 aromatic heterocycles. The Morgan fingerprint density at radius 3 is 2.55 bits per heavy atom. The van der Waals surface area contributed by atoms with Gasteiger partial charge in [0.1, 0.15) is 17.3 Å². The molecule has 158 valence electrons. The van der Waals surface area contributed by atoms with Gasteiger partial charge in [-0.3, -0.25) is 25.0 Å². The first kappa shape index (κ1) is 20.5. The highest BCUT2D eigenvalue weighted by Crippen LogP contribution is 2.18. The lowest BCUT2D eigenvalue weighted by atomic mass is 10.2. The normalized spacial score (nSPS) is 10.9. The van der Waals surface area contributed by atoms with E-state index in [4.69, 9.17) is 12.2 Å². The molecule has 0 aliphatic rings. The molecule has 3 N–H and O–H groups in total. The zero-order chi connectivity index (χ0) is 22.1. The monoisotopic (exact) mass is 438 g/mol. The molecule has 31 heavy (non-hydrogen) atoms. The summed E-state index contributed by atoms with van der Waals surface area (Å²) in [6, 6.07) is 10.7. The molecule has 0 saturated carbocycles. The van der Waals surface area contributed by atoms with Gasteiger partial charge in [-0.1, -0.05) is 0 Å².